The van der Waals surface area contributed by atoms with Crippen LogP contribution in [0.5, 0.6) is 17.5 Å². The summed E-state index contributed by atoms with van der Waals surface area (Å²) in [6.07, 6.45) is 1.63. The maximum atomic E-state index is 9.22. The summed E-state index contributed by atoms with van der Waals surface area (Å²) in [6, 6.07) is 8.57. The van der Waals surface area contributed by atoms with Gasteiger partial charge in [-0.15, -0.1) is 0 Å². The fraction of sp³-hybridized carbons (Fsp3) is 0.0909. The van der Waals surface area contributed by atoms with Crippen molar-refractivity contribution in [3.63, 3.8) is 0 Å². The molecule has 2 aromatic rings. The fourth-order valence-electron chi connectivity index (χ4n) is 1.13. The minimum Gasteiger partial charge on any atom is -0.508 e. The number of rotatable bonds is 2. The molecule has 1 aromatic heterocycles. The zero-order valence-corrected chi connectivity index (χ0v) is 8.21. The highest BCUT2D eigenvalue weighted by molar-refractivity contribution is 5.33. The Hall–Kier alpha value is -2.10. The van der Waals surface area contributed by atoms with Crippen molar-refractivity contribution in [2.45, 2.75) is 6.92 Å². The molecule has 15 heavy (non-hydrogen) atoms. The summed E-state index contributed by atoms with van der Waals surface area (Å²) in [5.41, 5.74) is 0.833. The van der Waals surface area contributed by atoms with Crippen LogP contribution >= 0.6 is 0 Å². The molecule has 1 N–H and O–H groups in total. The molecule has 0 aliphatic carbocycles. The third kappa shape index (κ3) is 2.43. The molecule has 1 heterocycles. The van der Waals surface area contributed by atoms with Crippen LogP contribution < -0.4 is 4.74 Å². The van der Waals surface area contributed by atoms with Crippen LogP contribution in [0.2, 0.25) is 0 Å². The molecule has 0 radical (unpaired) electrons. The molecule has 0 aliphatic heterocycles. The van der Waals surface area contributed by atoms with Crippen molar-refractivity contribution in [2.75, 3.05) is 0 Å². The maximum Gasteiger partial charge on any atom is 0.322 e. The summed E-state index contributed by atoms with van der Waals surface area (Å²) in [4.78, 5) is 8.03. The molecule has 0 atom stereocenters. The minimum atomic E-state index is 0.153. The summed E-state index contributed by atoms with van der Waals surface area (Å²) < 4.78 is 5.36. The van der Waals surface area contributed by atoms with Crippen molar-refractivity contribution in [3.05, 3.63) is 42.2 Å². The van der Waals surface area contributed by atoms with Gasteiger partial charge in [0.05, 0.1) is 0 Å². The lowest BCUT2D eigenvalue weighted by atomic mass is 10.3. The molecule has 0 unspecified atom stereocenters. The van der Waals surface area contributed by atoms with Gasteiger partial charge in [0.25, 0.3) is 0 Å². The summed E-state index contributed by atoms with van der Waals surface area (Å²) in [7, 11) is 0. The normalized spacial score (nSPS) is 9.93. The van der Waals surface area contributed by atoms with Crippen LogP contribution in [0, 0.1) is 6.92 Å². The Morgan fingerprint density at radius 2 is 2.13 bits per heavy atom. The first-order valence-electron chi connectivity index (χ1n) is 4.50. The molecule has 0 bridgehead atoms. The largest absolute Gasteiger partial charge is 0.508 e. The monoisotopic (exact) mass is 202 g/mol. The van der Waals surface area contributed by atoms with Crippen LogP contribution in [0.25, 0.3) is 0 Å². The average Bonchev–Trinajstić information content (AvgIpc) is 2.17. The number of aromatic hydroxyl groups is 1. The average molecular weight is 202 g/mol. The number of phenolic OH excluding ortho intramolecular Hbond substituents is 1. The Balaban J connectivity index is 2.22. The molecule has 4 heteroatoms. The van der Waals surface area contributed by atoms with E-state index in [9.17, 15) is 5.11 Å². The van der Waals surface area contributed by atoms with E-state index >= 15 is 0 Å². The lowest BCUT2D eigenvalue weighted by Crippen LogP contribution is -1.92. The van der Waals surface area contributed by atoms with Gasteiger partial charge in [-0.1, -0.05) is 6.07 Å². The first-order chi connectivity index (χ1) is 7.24. The van der Waals surface area contributed by atoms with Crippen molar-refractivity contribution in [1.29, 1.82) is 0 Å². The molecular weight excluding hydrogens is 192 g/mol. The second-order valence-electron chi connectivity index (χ2n) is 3.08. The summed E-state index contributed by atoms with van der Waals surface area (Å²) in [6.45, 7) is 1.86. The van der Waals surface area contributed by atoms with Gasteiger partial charge in [-0.25, -0.2) is 9.97 Å². The second kappa shape index (κ2) is 3.96. The maximum absolute atomic E-state index is 9.22. The van der Waals surface area contributed by atoms with E-state index in [2.05, 4.69) is 9.97 Å². The number of aryl methyl sites for hydroxylation is 1. The van der Waals surface area contributed by atoms with Gasteiger partial charge in [-0.05, 0) is 25.1 Å². The molecule has 0 aliphatic rings. The lowest BCUT2D eigenvalue weighted by Gasteiger charge is -2.03. The quantitative estimate of drug-likeness (QED) is 0.811. The Morgan fingerprint density at radius 1 is 1.27 bits per heavy atom. The highest BCUT2D eigenvalue weighted by Gasteiger charge is 2.00. The second-order valence-corrected chi connectivity index (χ2v) is 3.08. The molecule has 4 nitrogen and oxygen atoms in total. The van der Waals surface area contributed by atoms with E-state index in [0.29, 0.717) is 5.75 Å². The molecule has 1 aromatic carbocycles. The Labute approximate surface area is 87.2 Å². The molecule has 76 valence electrons. The Bertz CT molecular complexity index is 428. The topological polar surface area (TPSA) is 55.2 Å². The molecule has 0 spiro atoms. The van der Waals surface area contributed by atoms with Crippen molar-refractivity contribution in [3.8, 4) is 17.5 Å². The van der Waals surface area contributed by atoms with E-state index in [1.165, 1.54) is 6.07 Å². The van der Waals surface area contributed by atoms with Crippen LogP contribution in [0.1, 0.15) is 5.69 Å². The fourth-order valence-corrected chi connectivity index (χ4v) is 1.13. The van der Waals surface area contributed by atoms with Gasteiger partial charge in [0, 0.05) is 18.0 Å². The summed E-state index contributed by atoms with van der Waals surface area (Å²) >= 11 is 0. The van der Waals surface area contributed by atoms with Crippen molar-refractivity contribution < 1.29 is 9.84 Å². The number of hydrogen-bond donors (Lipinski definition) is 1. The first-order valence-corrected chi connectivity index (χ1v) is 4.50. The predicted molar refractivity (Wildman–Crippen MR) is 54.9 cm³/mol. The minimum absolute atomic E-state index is 0.153. The van der Waals surface area contributed by atoms with Gasteiger partial charge in [-0.2, -0.15) is 0 Å². The third-order valence-corrected chi connectivity index (χ3v) is 1.80. The first kappa shape index (κ1) is 9.45. The highest BCUT2D eigenvalue weighted by atomic mass is 16.5. The molecule has 0 fully saturated rings. The number of ether oxygens (including phenoxy) is 1. The predicted octanol–water partition coefficient (Wildman–Crippen LogP) is 2.28. The molecule has 0 saturated carbocycles. The van der Waals surface area contributed by atoms with E-state index in [1.54, 1.807) is 30.5 Å². The van der Waals surface area contributed by atoms with Gasteiger partial charge in [0.15, 0.2) is 0 Å². The van der Waals surface area contributed by atoms with E-state index in [1.807, 2.05) is 6.92 Å². The molecule has 0 saturated heterocycles. The number of aromatic nitrogens is 2. The molecule has 0 amide bonds. The smallest absolute Gasteiger partial charge is 0.322 e. The number of phenols is 1. The van der Waals surface area contributed by atoms with Gasteiger partial charge in [0.1, 0.15) is 11.5 Å². The Morgan fingerprint density at radius 3 is 2.87 bits per heavy atom. The number of hydrogen-bond acceptors (Lipinski definition) is 4. The van der Waals surface area contributed by atoms with E-state index in [4.69, 9.17) is 4.74 Å². The van der Waals surface area contributed by atoms with Crippen LogP contribution in [0.15, 0.2) is 36.5 Å². The van der Waals surface area contributed by atoms with Crippen LogP contribution in [-0.4, -0.2) is 15.1 Å². The summed E-state index contributed by atoms with van der Waals surface area (Å²) in [5, 5.41) is 9.22. The van der Waals surface area contributed by atoms with Crippen molar-refractivity contribution in [1.82, 2.24) is 9.97 Å². The zero-order chi connectivity index (χ0) is 10.7. The van der Waals surface area contributed by atoms with Crippen LogP contribution in [0.4, 0.5) is 0 Å². The summed E-state index contributed by atoms with van der Waals surface area (Å²) in [5.74, 6) is 0.667. The van der Waals surface area contributed by atoms with Gasteiger partial charge in [-0.3, -0.25) is 0 Å². The Kier molecular flexibility index (Phi) is 2.49. The van der Waals surface area contributed by atoms with Crippen LogP contribution in [0.3, 0.4) is 0 Å². The third-order valence-electron chi connectivity index (χ3n) is 1.80. The van der Waals surface area contributed by atoms with E-state index < -0.39 is 0 Å². The number of benzene rings is 1. The van der Waals surface area contributed by atoms with E-state index in [-0.39, 0.29) is 11.8 Å². The SMILES string of the molecule is Cc1ccnc(Oc2cccc(O)c2)n1. The van der Waals surface area contributed by atoms with Gasteiger partial charge < -0.3 is 9.84 Å². The number of nitrogens with zero attached hydrogens (tertiary/aromatic N) is 2. The standard InChI is InChI=1S/C11H10N2O2/c1-8-5-6-12-11(13-8)15-10-4-2-3-9(14)7-10/h2-7,14H,1H3. The van der Waals surface area contributed by atoms with Crippen molar-refractivity contribution >= 4 is 0 Å². The van der Waals surface area contributed by atoms with E-state index in [0.717, 1.165) is 5.69 Å². The lowest BCUT2D eigenvalue weighted by molar-refractivity contribution is 0.430. The van der Waals surface area contributed by atoms with Gasteiger partial charge >= 0.3 is 6.01 Å². The van der Waals surface area contributed by atoms with Gasteiger partial charge in [0.2, 0.25) is 0 Å². The van der Waals surface area contributed by atoms with Crippen molar-refractivity contribution in [2.24, 2.45) is 0 Å². The zero-order valence-electron chi connectivity index (χ0n) is 8.21. The molecular formula is C11H10N2O2. The highest BCUT2D eigenvalue weighted by Crippen LogP contribution is 2.21. The van der Waals surface area contributed by atoms with Crippen LogP contribution in [-0.2, 0) is 0 Å². The molecule has 2 rings (SSSR count).